The number of nitrogens with zero attached hydrogens (tertiary/aromatic N) is 3. The molecule has 1 aromatic carbocycles. The predicted octanol–water partition coefficient (Wildman–Crippen LogP) is 4.09. The third-order valence-corrected chi connectivity index (χ3v) is 9.24. The Morgan fingerprint density at radius 1 is 1.12 bits per heavy atom. The molecular formula is C28H35ClN6O4S. The molecule has 3 aromatic rings. The number of halogens is 1. The van der Waals surface area contributed by atoms with Crippen molar-refractivity contribution in [1.82, 2.24) is 24.8 Å². The standard InChI is InChI=1S/C28H35ClN6O4S/c1-34-11-9-18(10-12-34)16-35(26(38)19-7-8-20-21(14-19)31-27(39)32-24(20)36)22(13-17-5-3-2-4-6-17)25(37)33-28-30-15-23(29)40-28/h7-8,14-15,17-18,22H,2-6,9-13,16H2,1H3,(H,30,33,37)(H2,31,32,36,39). The zero-order valence-corrected chi connectivity index (χ0v) is 24.2. The van der Waals surface area contributed by atoms with Gasteiger partial charge in [0.2, 0.25) is 5.91 Å². The van der Waals surface area contributed by atoms with Crippen molar-refractivity contribution in [3.63, 3.8) is 0 Å². The first-order valence-electron chi connectivity index (χ1n) is 13.9. The fourth-order valence-corrected chi connectivity index (χ4v) is 6.77. The molecule has 1 aliphatic heterocycles. The number of anilines is 1. The number of fused-ring (bicyclic) bond motifs is 1. The highest BCUT2D eigenvalue weighted by molar-refractivity contribution is 7.19. The highest BCUT2D eigenvalue weighted by Gasteiger charge is 2.35. The van der Waals surface area contributed by atoms with Crippen LogP contribution in [0.25, 0.3) is 10.9 Å². The van der Waals surface area contributed by atoms with Crippen molar-refractivity contribution in [2.75, 3.05) is 32.0 Å². The molecule has 3 heterocycles. The molecule has 2 aromatic heterocycles. The third-order valence-electron chi connectivity index (χ3n) is 8.21. The van der Waals surface area contributed by atoms with Gasteiger partial charge < -0.3 is 20.1 Å². The molecular weight excluding hydrogens is 552 g/mol. The van der Waals surface area contributed by atoms with Crippen LogP contribution in [0.5, 0.6) is 0 Å². The fourth-order valence-electron chi connectivity index (χ4n) is 5.96. The first-order chi connectivity index (χ1) is 19.3. The second-order valence-corrected chi connectivity index (χ2v) is 12.7. The zero-order chi connectivity index (χ0) is 28.2. The lowest BCUT2D eigenvalue weighted by molar-refractivity contribution is -0.121. The summed E-state index contributed by atoms with van der Waals surface area (Å²) in [5.74, 6) is 0.0153. The molecule has 0 spiro atoms. The number of aromatic nitrogens is 3. The highest BCUT2D eigenvalue weighted by atomic mass is 35.5. The van der Waals surface area contributed by atoms with E-state index in [2.05, 4.69) is 32.2 Å². The summed E-state index contributed by atoms with van der Waals surface area (Å²) < 4.78 is 0.471. The largest absolute Gasteiger partial charge is 0.326 e. The van der Waals surface area contributed by atoms with Crippen LogP contribution >= 0.6 is 22.9 Å². The summed E-state index contributed by atoms with van der Waals surface area (Å²) in [6.07, 6.45) is 9.42. The van der Waals surface area contributed by atoms with Crippen LogP contribution in [0, 0.1) is 11.8 Å². The van der Waals surface area contributed by atoms with Gasteiger partial charge in [-0.2, -0.15) is 0 Å². The average Bonchev–Trinajstić information content (AvgIpc) is 3.35. The van der Waals surface area contributed by atoms with Crippen LogP contribution in [-0.2, 0) is 4.79 Å². The number of benzene rings is 1. The number of carbonyl (C=O) groups excluding carboxylic acids is 2. The Morgan fingerprint density at radius 3 is 2.58 bits per heavy atom. The number of thiazole rings is 1. The van der Waals surface area contributed by atoms with Gasteiger partial charge in [-0.3, -0.25) is 19.4 Å². The number of aromatic amines is 2. The normalized spacial score (nSPS) is 18.1. The molecule has 5 rings (SSSR count). The molecule has 1 saturated carbocycles. The van der Waals surface area contributed by atoms with Crippen LogP contribution in [0.1, 0.15) is 61.7 Å². The minimum Gasteiger partial charge on any atom is -0.326 e. The second-order valence-electron chi connectivity index (χ2n) is 11.1. The third kappa shape index (κ3) is 6.82. The van der Waals surface area contributed by atoms with Crippen molar-refractivity contribution in [3.8, 4) is 0 Å². The van der Waals surface area contributed by atoms with Crippen molar-refractivity contribution in [2.45, 2.75) is 57.4 Å². The van der Waals surface area contributed by atoms with E-state index in [1.165, 1.54) is 30.0 Å². The van der Waals surface area contributed by atoms with Gasteiger partial charge >= 0.3 is 5.69 Å². The van der Waals surface area contributed by atoms with E-state index in [0.717, 1.165) is 51.6 Å². The first-order valence-corrected chi connectivity index (χ1v) is 15.1. The van der Waals surface area contributed by atoms with Crippen molar-refractivity contribution in [3.05, 3.63) is 55.1 Å². The molecule has 0 bridgehead atoms. The number of piperidine rings is 1. The number of likely N-dealkylation sites (tertiary alicyclic amines) is 1. The summed E-state index contributed by atoms with van der Waals surface area (Å²) in [6, 6.07) is 3.97. The van der Waals surface area contributed by atoms with Crippen LogP contribution in [0.2, 0.25) is 4.34 Å². The van der Waals surface area contributed by atoms with E-state index in [1.807, 2.05) is 0 Å². The molecule has 1 aliphatic carbocycles. The van der Waals surface area contributed by atoms with Gasteiger partial charge in [-0.15, -0.1) is 0 Å². The van der Waals surface area contributed by atoms with Crippen LogP contribution in [0.15, 0.2) is 34.0 Å². The van der Waals surface area contributed by atoms with Crippen LogP contribution in [0.4, 0.5) is 5.13 Å². The zero-order valence-electron chi connectivity index (χ0n) is 22.6. The van der Waals surface area contributed by atoms with E-state index in [1.54, 1.807) is 17.0 Å². The van der Waals surface area contributed by atoms with Crippen LogP contribution in [0.3, 0.4) is 0 Å². The van der Waals surface area contributed by atoms with E-state index in [9.17, 15) is 19.2 Å². The van der Waals surface area contributed by atoms with Gasteiger partial charge in [-0.05, 0) is 69.4 Å². The molecule has 1 saturated heterocycles. The maximum atomic E-state index is 14.3. The number of amides is 2. The van der Waals surface area contributed by atoms with Crippen LogP contribution < -0.4 is 16.6 Å². The monoisotopic (exact) mass is 586 g/mol. The summed E-state index contributed by atoms with van der Waals surface area (Å²) >= 11 is 7.25. The molecule has 2 aliphatic rings. The number of hydrogen-bond donors (Lipinski definition) is 3. The molecule has 0 radical (unpaired) electrons. The van der Waals surface area contributed by atoms with E-state index >= 15 is 0 Å². The Hall–Kier alpha value is -3.02. The maximum Gasteiger partial charge on any atom is 0.326 e. The topological polar surface area (TPSA) is 131 Å². The average molecular weight is 587 g/mol. The molecule has 40 heavy (non-hydrogen) atoms. The lowest BCUT2D eigenvalue weighted by atomic mass is 9.83. The first kappa shape index (κ1) is 28.5. The predicted molar refractivity (Wildman–Crippen MR) is 157 cm³/mol. The molecule has 2 fully saturated rings. The Morgan fingerprint density at radius 2 is 1.88 bits per heavy atom. The summed E-state index contributed by atoms with van der Waals surface area (Å²) in [7, 11) is 2.09. The van der Waals surface area contributed by atoms with Gasteiger partial charge in [0.25, 0.3) is 11.5 Å². The number of hydrogen-bond acceptors (Lipinski definition) is 7. The van der Waals surface area contributed by atoms with Gasteiger partial charge in [0.15, 0.2) is 5.13 Å². The van der Waals surface area contributed by atoms with Gasteiger partial charge in [0.05, 0.1) is 17.1 Å². The maximum absolute atomic E-state index is 14.3. The van der Waals surface area contributed by atoms with Crippen LogP contribution in [-0.4, -0.2) is 69.3 Å². The quantitative estimate of drug-likeness (QED) is 0.364. The van der Waals surface area contributed by atoms with Crippen molar-refractivity contribution >= 4 is 50.8 Å². The lowest BCUT2D eigenvalue weighted by Gasteiger charge is -2.38. The van der Waals surface area contributed by atoms with Crippen molar-refractivity contribution in [1.29, 1.82) is 0 Å². The van der Waals surface area contributed by atoms with E-state index in [4.69, 9.17) is 11.6 Å². The van der Waals surface area contributed by atoms with E-state index in [-0.39, 0.29) is 28.6 Å². The fraction of sp³-hybridized carbons (Fsp3) is 0.536. The number of H-pyrrole nitrogens is 2. The Kier molecular flexibility index (Phi) is 9.02. The Labute approximate surface area is 241 Å². The SMILES string of the molecule is CN1CCC(CN(C(=O)c2ccc3c(=O)[nH]c(=O)[nH]c3c2)C(CC2CCCCC2)C(=O)Nc2ncc(Cl)s2)CC1. The summed E-state index contributed by atoms with van der Waals surface area (Å²) in [6.45, 7) is 2.31. The number of rotatable bonds is 8. The molecule has 1 atom stereocenters. The lowest BCUT2D eigenvalue weighted by Crippen LogP contribution is -2.51. The summed E-state index contributed by atoms with van der Waals surface area (Å²) in [5, 5.41) is 3.61. The smallest absolute Gasteiger partial charge is 0.326 e. The van der Waals surface area contributed by atoms with Gasteiger partial charge in [-0.25, -0.2) is 9.78 Å². The molecule has 3 N–H and O–H groups in total. The van der Waals surface area contributed by atoms with Gasteiger partial charge in [0, 0.05) is 12.1 Å². The number of carbonyl (C=O) groups is 2. The van der Waals surface area contributed by atoms with Gasteiger partial charge in [0.1, 0.15) is 10.4 Å². The van der Waals surface area contributed by atoms with Crippen molar-refractivity contribution < 1.29 is 9.59 Å². The molecule has 1 unspecified atom stereocenters. The summed E-state index contributed by atoms with van der Waals surface area (Å²) in [5.41, 5.74) is -0.551. The second kappa shape index (κ2) is 12.7. The van der Waals surface area contributed by atoms with E-state index in [0.29, 0.717) is 33.9 Å². The Bertz CT molecular complexity index is 1470. The van der Waals surface area contributed by atoms with Gasteiger partial charge in [-0.1, -0.05) is 55.0 Å². The highest BCUT2D eigenvalue weighted by Crippen LogP contribution is 2.31. The molecule has 12 heteroatoms. The Balaban J connectivity index is 1.51. The molecule has 214 valence electrons. The molecule has 2 amide bonds. The number of nitrogens with one attached hydrogen (secondary N) is 3. The summed E-state index contributed by atoms with van der Waals surface area (Å²) in [4.78, 5) is 65.4. The minimum atomic E-state index is -0.702. The minimum absolute atomic E-state index is 0.249. The van der Waals surface area contributed by atoms with E-state index < -0.39 is 17.3 Å². The van der Waals surface area contributed by atoms with Crippen molar-refractivity contribution in [2.24, 2.45) is 11.8 Å². The molecule has 10 nitrogen and oxygen atoms in total.